The maximum Gasteiger partial charge on any atom is 0.240 e. The van der Waals surface area contributed by atoms with E-state index in [2.05, 4.69) is 26.1 Å². The number of halogens is 1. The van der Waals surface area contributed by atoms with Crippen LogP contribution in [0.25, 0.3) is 0 Å². The van der Waals surface area contributed by atoms with E-state index in [1.54, 1.807) is 18.2 Å². The summed E-state index contributed by atoms with van der Waals surface area (Å²) in [5.74, 6) is -0.290. The summed E-state index contributed by atoms with van der Waals surface area (Å²) in [5, 5.41) is 2.81. The molecule has 1 aliphatic heterocycles. The lowest BCUT2D eigenvalue weighted by atomic mass is 10.3. The molecule has 0 radical (unpaired) electrons. The molecule has 1 N–H and O–H groups in total. The molecule has 1 aliphatic rings. The molecule has 1 fully saturated rings. The number of nitrogens with one attached hydrogen (secondary N) is 1. The zero-order valence-corrected chi connectivity index (χ0v) is 16.3. The van der Waals surface area contributed by atoms with Gasteiger partial charge in [-0.3, -0.25) is 9.10 Å². The van der Waals surface area contributed by atoms with Gasteiger partial charge in [-0.2, -0.15) is 0 Å². The van der Waals surface area contributed by atoms with Crippen LogP contribution in [-0.4, -0.2) is 58.2 Å². The standard InChI is InChI=1S/C16H24BrN3O3S/c1-24(22,23)20(15-7-4-6-14(17)12-15)13-16(21)18-8-5-11-19-9-2-3-10-19/h4,6-7,12H,2-3,5,8-11,13H2,1H3,(H,18,21). The topological polar surface area (TPSA) is 69.7 Å². The molecular formula is C16H24BrN3O3S. The van der Waals surface area contributed by atoms with Crippen LogP contribution in [-0.2, 0) is 14.8 Å². The third-order valence-corrected chi connectivity index (χ3v) is 5.59. The molecule has 0 aliphatic carbocycles. The fourth-order valence-electron chi connectivity index (χ4n) is 2.75. The average molecular weight is 418 g/mol. The fourth-order valence-corrected chi connectivity index (χ4v) is 3.99. The second-order valence-electron chi connectivity index (χ2n) is 6.00. The minimum Gasteiger partial charge on any atom is -0.354 e. The molecule has 1 aromatic carbocycles. The normalized spacial score (nSPS) is 15.4. The second kappa shape index (κ2) is 8.82. The third kappa shape index (κ3) is 6.07. The molecule has 0 spiro atoms. The highest BCUT2D eigenvalue weighted by atomic mass is 79.9. The second-order valence-corrected chi connectivity index (χ2v) is 8.82. The zero-order chi connectivity index (χ0) is 17.6. The highest BCUT2D eigenvalue weighted by Gasteiger charge is 2.21. The molecule has 0 bridgehead atoms. The van der Waals surface area contributed by atoms with Crippen molar-refractivity contribution in [2.45, 2.75) is 19.3 Å². The van der Waals surface area contributed by atoms with Gasteiger partial charge in [0.15, 0.2) is 0 Å². The van der Waals surface area contributed by atoms with Crippen molar-refractivity contribution >= 4 is 37.5 Å². The largest absolute Gasteiger partial charge is 0.354 e. The van der Waals surface area contributed by atoms with Crippen LogP contribution < -0.4 is 9.62 Å². The maximum absolute atomic E-state index is 12.1. The number of carbonyl (C=O) groups excluding carboxylic acids is 1. The van der Waals surface area contributed by atoms with Crippen molar-refractivity contribution in [2.24, 2.45) is 0 Å². The van der Waals surface area contributed by atoms with Crippen molar-refractivity contribution in [1.29, 1.82) is 0 Å². The Balaban J connectivity index is 1.86. The molecule has 0 atom stereocenters. The van der Waals surface area contributed by atoms with Crippen molar-refractivity contribution in [1.82, 2.24) is 10.2 Å². The highest BCUT2D eigenvalue weighted by molar-refractivity contribution is 9.10. The summed E-state index contributed by atoms with van der Waals surface area (Å²) in [6.07, 6.45) is 4.49. The van der Waals surface area contributed by atoms with Gasteiger partial charge in [-0.15, -0.1) is 0 Å². The molecule has 0 unspecified atom stereocenters. The highest BCUT2D eigenvalue weighted by Crippen LogP contribution is 2.21. The molecule has 1 amide bonds. The summed E-state index contributed by atoms with van der Waals surface area (Å²) >= 11 is 3.32. The van der Waals surface area contributed by atoms with E-state index >= 15 is 0 Å². The van der Waals surface area contributed by atoms with Gasteiger partial charge in [-0.05, 0) is 57.1 Å². The summed E-state index contributed by atoms with van der Waals surface area (Å²) in [7, 11) is -3.53. The lowest BCUT2D eigenvalue weighted by Crippen LogP contribution is -2.41. The summed E-state index contributed by atoms with van der Waals surface area (Å²) in [5.41, 5.74) is 0.471. The predicted molar refractivity (Wildman–Crippen MR) is 99.6 cm³/mol. The Morgan fingerprint density at radius 1 is 1.33 bits per heavy atom. The van der Waals surface area contributed by atoms with Gasteiger partial charge in [-0.1, -0.05) is 22.0 Å². The van der Waals surface area contributed by atoms with E-state index in [0.717, 1.165) is 41.1 Å². The third-order valence-electron chi connectivity index (χ3n) is 3.96. The van der Waals surface area contributed by atoms with Gasteiger partial charge in [-0.25, -0.2) is 8.42 Å². The summed E-state index contributed by atoms with van der Waals surface area (Å²) in [6.45, 7) is 3.60. The SMILES string of the molecule is CS(=O)(=O)N(CC(=O)NCCCN1CCCC1)c1cccc(Br)c1. The first kappa shape index (κ1) is 19.2. The number of likely N-dealkylation sites (tertiary alicyclic amines) is 1. The first-order valence-electron chi connectivity index (χ1n) is 8.08. The average Bonchev–Trinajstić information content (AvgIpc) is 3.01. The van der Waals surface area contributed by atoms with Gasteiger partial charge in [0.05, 0.1) is 11.9 Å². The zero-order valence-electron chi connectivity index (χ0n) is 13.9. The van der Waals surface area contributed by atoms with Gasteiger partial charge in [0, 0.05) is 11.0 Å². The smallest absolute Gasteiger partial charge is 0.240 e. The molecule has 8 heteroatoms. The molecule has 6 nitrogen and oxygen atoms in total. The van der Waals surface area contributed by atoms with Crippen LogP contribution in [0.15, 0.2) is 28.7 Å². The van der Waals surface area contributed by atoms with Gasteiger partial charge in [0.1, 0.15) is 6.54 Å². The summed E-state index contributed by atoms with van der Waals surface area (Å²) in [6, 6.07) is 6.90. The van der Waals surface area contributed by atoms with E-state index in [1.165, 1.54) is 12.8 Å². The lowest BCUT2D eigenvalue weighted by Gasteiger charge is -2.22. The number of nitrogens with zero attached hydrogens (tertiary/aromatic N) is 2. The number of hydrogen-bond acceptors (Lipinski definition) is 4. The van der Waals surface area contributed by atoms with E-state index in [1.807, 2.05) is 6.07 Å². The van der Waals surface area contributed by atoms with E-state index in [0.29, 0.717) is 12.2 Å². The number of carbonyl (C=O) groups is 1. The molecule has 1 heterocycles. The van der Waals surface area contributed by atoms with E-state index < -0.39 is 10.0 Å². The van der Waals surface area contributed by atoms with Gasteiger partial charge < -0.3 is 10.2 Å². The Morgan fingerprint density at radius 2 is 2.04 bits per heavy atom. The Bertz CT molecular complexity index is 660. The van der Waals surface area contributed by atoms with E-state index in [4.69, 9.17) is 0 Å². The maximum atomic E-state index is 12.1. The monoisotopic (exact) mass is 417 g/mol. The summed E-state index contributed by atoms with van der Waals surface area (Å²) in [4.78, 5) is 14.5. The molecule has 1 aromatic rings. The molecule has 1 saturated heterocycles. The Hall–Kier alpha value is -1.12. The predicted octanol–water partition coefficient (Wildman–Crippen LogP) is 1.82. The molecule has 2 rings (SSSR count). The molecule has 134 valence electrons. The van der Waals surface area contributed by atoms with Crippen LogP contribution in [0.4, 0.5) is 5.69 Å². The van der Waals surface area contributed by atoms with Crippen LogP contribution in [0, 0.1) is 0 Å². The number of hydrogen-bond donors (Lipinski definition) is 1. The quantitative estimate of drug-likeness (QED) is 0.654. The molecule has 24 heavy (non-hydrogen) atoms. The van der Waals surface area contributed by atoms with Gasteiger partial charge in [0.25, 0.3) is 0 Å². The van der Waals surface area contributed by atoms with Crippen molar-refractivity contribution < 1.29 is 13.2 Å². The van der Waals surface area contributed by atoms with Crippen LogP contribution in [0.2, 0.25) is 0 Å². The summed E-state index contributed by atoms with van der Waals surface area (Å²) < 4.78 is 25.9. The fraction of sp³-hybridized carbons (Fsp3) is 0.562. The number of benzene rings is 1. The van der Waals surface area contributed by atoms with Crippen molar-refractivity contribution in [2.75, 3.05) is 43.3 Å². The van der Waals surface area contributed by atoms with Crippen molar-refractivity contribution in [3.05, 3.63) is 28.7 Å². The Morgan fingerprint density at radius 3 is 2.67 bits per heavy atom. The number of amides is 1. The van der Waals surface area contributed by atoms with Gasteiger partial charge >= 0.3 is 0 Å². The number of rotatable bonds is 8. The minimum atomic E-state index is -3.53. The van der Waals surface area contributed by atoms with Crippen LogP contribution >= 0.6 is 15.9 Å². The van der Waals surface area contributed by atoms with E-state index in [9.17, 15) is 13.2 Å². The minimum absolute atomic E-state index is 0.209. The van der Waals surface area contributed by atoms with Crippen LogP contribution in [0.5, 0.6) is 0 Å². The Labute approximate surface area is 152 Å². The van der Waals surface area contributed by atoms with Crippen molar-refractivity contribution in [3.63, 3.8) is 0 Å². The molecule has 0 aromatic heterocycles. The number of sulfonamides is 1. The lowest BCUT2D eigenvalue weighted by molar-refractivity contribution is -0.119. The van der Waals surface area contributed by atoms with E-state index in [-0.39, 0.29) is 12.5 Å². The first-order valence-corrected chi connectivity index (χ1v) is 10.7. The number of anilines is 1. The van der Waals surface area contributed by atoms with Crippen molar-refractivity contribution in [3.8, 4) is 0 Å². The van der Waals surface area contributed by atoms with Crippen LogP contribution in [0.3, 0.4) is 0 Å². The Kier molecular flexibility index (Phi) is 7.06. The molecule has 0 saturated carbocycles. The van der Waals surface area contributed by atoms with Gasteiger partial charge in [0.2, 0.25) is 15.9 Å². The first-order chi connectivity index (χ1) is 11.4. The van der Waals surface area contributed by atoms with Crippen LogP contribution in [0.1, 0.15) is 19.3 Å². The molecular weight excluding hydrogens is 394 g/mol.